The summed E-state index contributed by atoms with van der Waals surface area (Å²) in [5.41, 5.74) is -4.34. The summed E-state index contributed by atoms with van der Waals surface area (Å²) in [5.74, 6) is -4.81. The molecule has 1 N–H and O–H groups in total. The molecule has 0 saturated carbocycles. The minimum atomic E-state index is -4.04. The standard InChI is InChI=1S/C10H9F5O/c1-9(14,15)10(16,8(12)13)6-2-4-7(11)5-3-6/h2-5,8,16H,1H3. The van der Waals surface area contributed by atoms with Crippen LogP contribution in [-0.4, -0.2) is 17.5 Å². The molecule has 1 atom stereocenters. The topological polar surface area (TPSA) is 20.2 Å². The Balaban J connectivity index is 3.28. The maximum atomic E-state index is 13.0. The fourth-order valence-corrected chi connectivity index (χ4v) is 1.28. The van der Waals surface area contributed by atoms with Crippen LogP contribution in [0.1, 0.15) is 12.5 Å². The van der Waals surface area contributed by atoms with Crippen LogP contribution in [0.5, 0.6) is 0 Å². The highest BCUT2D eigenvalue weighted by Gasteiger charge is 2.57. The minimum Gasteiger partial charge on any atom is -0.374 e. The van der Waals surface area contributed by atoms with Crippen molar-refractivity contribution in [1.29, 1.82) is 0 Å². The van der Waals surface area contributed by atoms with Crippen LogP contribution in [0.25, 0.3) is 0 Å². The Morgan fingerprint density at radius 2 is 1.56 bits per heavy atom. The first kappa shape index (κ1) is 12.9. The predicted octanol–water partition coefficient (Wildman–Crippen LogP) is 2.93. The number of rotatable bonds is 3. The molecule has 16 heavy (non-hydrogen) atoms. The van der Waals surface area contributed by atoms with E-state index >= 15 is 0 Å². The molecular formula is C10H9F5O. The van der Waals surface area contributed by atoms with Crippen molar-refractivity contribution in [2.24, 2.45) is 0 Å². The fourth-order valence-electron chi connectivity index (χ4n) is 1.28. The summed E-state index contributed by atoms with van der Waals surface area (Å²) in [6.45, 7) is 0.183. The fraction of sp³-hybridized carbons (Fsp3) is 0.400. The third-order valence-electron chi connectivity index (χ3n) is 2.27. The highest BCUT2D eigenvalue weighted by atomic mass is 19.3. The van der Waals surface area contributed by atoms with Crippen molar-refractivity contribution < 1.29 is 27.1 Å². The lowest BCUT2D eigenvalue weighted by Gasteiger charge is -2.33. The molecule has 0 radical (unpaired) electrons. The van der Waals surface area contributed by atoms with Crippen molar-refractivity contribution in [3.63, 3.8) is 0 Å². The molecule has 0 aliphatic rings. The molecule has 0 aliphatic heterocycles. The van der Waals surface area contributed by atoms with Crippen LogP contribution in [0.2, 0.25) is 0 Å². The third kappa shape index (κ3) is 2.02. The van der Waals surface area contributed by atoms with Crippen molar-refractivity contribution in [2.75, 3.05) is 0 Å². The molecule has 6 heteroatoms. The Kier molecular flexibility index (Phi) is 3.23. The van der Waals surface area contributed by atoms with Crippen LogP contribution in [0.15, 0.2) is 24.3 Å². The number of aliphatic hydroxyl groups is 1. The largest absolute Gasteiger partial charge is 0.374 e. The van der Waals surface area contributed by atoms with Gasteiger partial charge in [-0.25, -0.2) is 22.0 Å². The van der Waals surface area contributed by atoms with Gasteiger partial charge in [0, 0.05) is 6.92 Å². The SMILES string of the molecule is CC(F)(F)C(O)(c1ccc(F)cc1)C(F)F. The van der Waals surface area contributed by atoms with Gasteiger partial charge in [0.05, 0.1) is 0 Å². The van der Waals surface area contributed by atoms with Gasteiger partial charge in [-0.05, 0) is 17.7 Å². The molecule has 0 saturated heterocycles. The van der Waals surface area contributed by atoms with Crippen LogP contribution < -0.4 is 0 Å². The lowest BCUT2D eigenvalue weighted by Crippen LogP contribution is -2.49. The molecule has 0 heterocycles. The summed E-state index contributed by atoms with van der Waals surface area (Å²) in [5, 5.41) is 9.36. The van der Waals surface area contributed by atoms with Gasteiger partial charge in [0.2, 0.25) is 5.60 Å². The summed E-state index contributed by atoms with van der Waals surface area (Å²) in [6, 6.07) is 2.88. The molecule has 0 amide bonds. The number of hydrogen-bond donors (Lipinski definition) is 1. The van der Waals surface area contributed by atoms with Crippen molar-refractivity contribution in [3.8, 4) is 0 Å². The van der Waals surface area contributed by atoms with Gasteiger partial charge >= 0.3 is 0 Å². The van der Waals surface area contributed by atoms with Crippen LogP contribution in [0, 0.1) is 5.82 Å². The zero-order valence-corrected chi connectivity index (χ0v) is 8.22. The Morgan fingerprint density at radius 3 is 1.88 bits per heavy atom. The summed E-state index contributed by atoms with van der Waals surface area (Å²) >= 11 is 0. The molecule has 90 valence electrons. The summed E-state index contributed by atoms with van der Waals surface area (Å²) in [7, 11) is 0. The van der Waals surface area contributed by atoms with E-state index in [2.05, 4.69) is 0 Å². The lowest BCUT2D eigenvalue weighted by molar-refractivity contribution is -0.236. The average Bonchev–Trinajstić information content (AvgIpc) is 2.15. The Labute approximate surface area is 88.5 Å². The van der Waals surface area contributed by atoms with Gasteiger partial charge in [-0.3, -0.25) is 0 Å². The molecule has 1 rings (SSSR count). The van der Waals surface area contributed by atoms with Gasteiger partial charge in [-0.2, -0.15) is 0 Å². The van der Waals surface area contributed by atoms with E-state index in [0.29, 0.717) is 12.1 Å². The zero-order chi connectivity index (χ0) is 12.6. The summed E-state index contributed by atoms with van der Waals surface area (Å²) in [6.07, 6.45) is -3.68. The maximum absolute atomic E-state index is 13.0. The molecule has 1 unspecified atom stereocenters. The predicted molar refractivity (Wildman–Crippen MR) is 46.9 cm³/mol. The van der Waals surface area contributed by atoms with E-state index in [1.54, 1.807) is 0 Å². The molecule has 1 nitrogen and oxygen atoms in total. The first-order valence-corrected chi connectivity index (χ1v) is 4.34. The van der Waals surface area contributed by atoms with Crippen LogP contribution in [0.3, 0.4) is 0 Å². The Hall–Kier alpha value is -1.17. The second-order valence-electron chi connectivity index (χ2n) is 3.46. The van der Waals surface area contributed by atoms with E-state index in [9.17, 15) is 27.1 Å². The Bertz CT molecular complexity index is 356. The zero-order valence-electron chi connectivity index (χ0n) is 8.22. The van der Waals surface area contributed by atoms with Crippen molar-refractivity contribution in [2.45, 2.75) is 24.9 Å². The van der Waals surface area contributed by atoms with Gasteiger partial charge in [0.1, 0.15) is 5.82 Å². The first-order chi connectivity index (χ1) is 7.19. The highest BCUT2D eigenvalue weighted by molar-refractivity contribution is 5.26. The first-order valence-electron chi connectivity index (χ1n) is 4.34. The molecular weight excluding hydrogens is 231 g/mol. The number of alkyl halides is 4. The molecule has 0 spiro atoms. The normalized spacial score (nSPS) is 16.2. The molecule has 0 aliphatic carbocycles. The van der Waals surface area contributed by atoms with Crippen molar-refractivity contribution >= 4 is 0 Å². The summed E-state index contributed by atoms with van der Waals surface area (Å²) < 4.78 is 63.6. The van der Waals surface area contributed by atoms with E-state index in [1.807, 2.05) is 0 Å². The van der Waals surface area contributed by atoms with Gasteiger partial charge in [-0.1, -0.05) is 12.1 Å². The third-order valence-corrected chi connectivity index (χ3v) is 2.27. The molecule has 0 aromatic heterocycles. The Morgan fingerprint density at radius 1 is 1.12 bits per heavy atom. The van der Waals surface area contributed by atoms with Crippen molar-refractivity contribution in [1.82, 2.24) is 0 Å². The van der Waals surface area contributed by atoms with Gasteiger partial charge in [0.25, 0.3) is 12.3 Å². The number of benzene rings is 1. The monoisotopic (exact) mass is 240 g/mol. The molecule has 0 bridgehead atoms. The van der Waals surface area contributed by atoms with E-state index in [4.69, 9.17) is 0 Å². The van der Waals surface area contributed by atoms with E-state index in [-0.39, 0.29) is 6.92 Å². The van der Waals surface area contributed by atoms with Gasteiger partial charge < -0.3 is 5.11 Å². The molecule has 0 fully saturated rings. The maximum Gasteiger partial charge on any atom is 0.283 e. The second-order valence-corrected chi connectivity index (χ2v) is 3.46. The van der Waals surface area contributed by atoms with Crippen molar-refractivity contribution in [3.05, 3.63) is 35.6 Å². The van der Waals surface area contributed by atoms with Gasteiger partial charge in [-0.15, -0.1) is 0 Å². The highest BCUT2D eigenvalue weighted by Crippen LogP contribution is 2.42. The second kappa shape index (κ2) is 4.01. The molecule has 1 aromatic rings. The van der Waals surface area contributed by atoms with E-state index < -0.39 is 29.3 Å². The lowest BCUT2D eigenvalue weighted by atomic mass is 9.88. The van der Waals surface area contributed by atoms with E-state index in [0.717, 1.165) is 12.1 Å². The molecule has 1 aromatic carbocycles. The smallest absolute Gasteiger partial charge is 0.283 e. The minimum absolute atomic E-state index is 0.183. The number of halogens is 5. The number of hydrogen-bond acceptors (Lipinski definition) is 1. The van der Waals surface area contributed by atoms with E-state index in [1.165, 1.54) is 0 Å². The quantitative estimate of drug-likeness (QED) is 0.805. The van der Waals surface area contributed by atoms with Gasteiger partial charge in [0.15, 0.2) is 0 Å². The van der Waals surface area contributed by atoms with Crippen LogP contribution in [-0.2, 0) is 5.60 Å². The van der Waals surface area contributed by atoms with Crippen LogP contribution >= 0.6 is 0 Å². The average molecular weight is 240 g/mol. The summed E-state index contributed by atoms with van der Waals surface area (Å²) in [4.78, 5) is 0. The van der Waals surface area contributed by atoms with Crippen LogP contribution in [0.4, 0.5) is 22.0 Å².